The van der Waals surface area contributed by atoms with E-state index < -0.39 is 0 Å². The lowest BCUT2D eigenvalue weighted by Gasteiger charge is -2.27. The van der Waals surface area contributed by atoms with Gasteiger partial charge in [-0.2, -0.15) is 0 Å². The van der Waals surface area contributed by atoms with Crippen molar-refractivity contribution in [2.24, 2.45) is 11.7 Å². The largest absolute Gasteiger partial charge is 0.354 e. The van der Waals surface area contributed by atoms with Gasteiger partial charge in [0, 0.05) is 31.5 Å². The summed E-state index contributed by atoms with van der Waals surface area (Å²) >= 11 is 0. The van der Waals surface area contributed by atoms with E-state index in [1.807, 2.05) is 0 Å². The molecule has 1 saturated heterocycles. The van der Waals surface area contributed by atoms with E-state index in [-0.39, 0.29) is 17.9 Å². The molecule has 3 unspecified atom stereocenters. The van der Waals surface area contributed by atoms with Crippen LogP contribution in [0.3, 0.4) is 0 Å². The molecule has 0 aromatic heterocycles. The van der Waals surface area contributed by atoms with Gasteiger partial charge in [0.15, 0.2) is 0 Å². The molecule has 0 aromatic carbocycles. The molecule has 2 amide bonds. The number of hydrogen-bond donors (Lipinski definition) is 3. The molecule has 0 radical (unpaired) electrons. The standard InChI is InChI=1S/C14H25N3O2/c15-11-3-1-2-10(8-11)4-6-14(19)17-12-5-7-13(18)16-9-12/h10-12H,1-9,15H2,(H,16,18)(H,17,19). The fourth-order valence-corrected chi connectivity index (χ4v) is 3.09. The van der Waals surface area contributed by atoms with E-state index in [0.29, 0.717) is 31.3 Å². The van der Waals surface area contributed by atoms with E-state index in [2.05, 4.69) is 10.6 Å². The second-order valence-electron chi connectivity index (χ2n) is 5.94. The molecule has 1 saturated carbocycles. The number of carbonyl (C=O) groups is 2. The first kappa shape index (κ1) is 14.3. The third kappa shape index (κ3) is 4.82. The minimum atomic E-state index is 0.0849. The van der Waals surface area contributed by atoms with E-state index in [0.717, 1.165) is 25.7 Å². The summed E-state index contributed by atoms with van der Waals surface area (Å²) in [6, 6.07) is 0.439. The monoisotopic (exact) mass is 267 g/mol. The molecule has 5 nitrogen and oxygen atoms in total. The topological polar surface area (TPSA) is 84.2 Å². The Morgan fingerprint density at radius 3 is 2.89 bits per heavy atom. The zero-order chi connectivity index (χ0) is 13.7. The van der Waals surface area contributed by atoms with Gasteiger partial charge < -0.3 is 16.4 Å². The highest BCUT2D eigenvalue weighted by atomic mass is 16.2. The molecule has 4 N–H and O–H groups in total. The first-order valence-corrected chi connectivity index (χ1v) is 7.45. The smallest absolute Gasteiger partial charge is 0.220 e. The lowest BCUT2D eigenvalue weighted by atomic mass is 9.83. The zero-order valence-electron chi connectivity index (χ0n) is 11.5. The molecule has 1 aliphatic heterocycles. The normalized spacial score (nSPS) is 31.6. The molecule has 1 aliphatic carbocycles. The fourth-order valence-electron chi connectivity index (χ4n) is 3.09. The highest BCUT2D eigenvalue weighted by molar-refractivity contribution is 5.78. The van der Waals surface area contributed by atoms with Crippen LogP contribution in [0.25, 0.3) is 0 Å². The molecule has 0 spiro atoms. The van der Waals surface area contributed by atoms with E-state index in [4.69, 9.17) is 5.73 Å². The zero-order valence-corrected chi connectivity index (χ0v) is 11.5. The Hall–Kier alpha value is -1.10. The van der Waals surface area contributed by atoms with Crippen LogP contribution in [0.2, 0.25) is 0 Å². The van der Waals surface area contributed by atoms with Crippen molar-refractivity contribution >= 4 is 11.8 Å². The first-order chi connectivity index (χ1) is 9.13. The maximum atomic E-state index is 11.9. The third-order valence-electron chi connectivity index (χ3n) is 4.23. The summed E-state index contributed by atoms with van der Waals surface area (Å²) < 4.78 is 0. The van der Waals surface area contributed by atoms with Gasteiger partial charge in [0.1, 0.15) is 0 Å². The Morgan fingerprint density at radius 2 is 2.21 bits per heavy atom. The third-order valence-corrected chi connectivity index (χ3v) is 4.23. The fraction of sp³-hybridized carbons (Fsp3) is 0.857. The van der Waals surface area contributed by atoms with Gasteiger partial charge in [0.05, 0.1) is 0 Å². The Kier molecular flexibility index (Phi) is 5.19. The van der Waals surface area contributed by atoms with Gasteiger partial charge in [-0.3, -0.25) is 9.59 Å². The van der Waals surface area contributed by atoms with Gasteiger partial charge in [-0.25, -0.2) is 0 Å². The SMILES string of the molecule is NC1CCCC(CCC(=O)NC2CCC(=O)NC2)C1. The van der Waals surface area contributed by atoms with Crippen molar-refractivity contribution in [1.29, 1.82) is 0 Å². The summed E-state index contributed by atoms with van der Waals surface area (Å²) in [5.74, 6) is 0.808. The molecule has 19 heavy (non-hydrogen) atoms. The first-order valence-electron chi connectivity index (χ1n) is 7.45. The number of nitrogens with one attached hydrogen (secondary N) is 2. The van der Waals surface area contributed by atoms with Gasteiger partial charge in [0.2, 0.25) is 11.8 Å². The summed E-state index contributed by atoms with van der Waals surface area (Å²) in [7, 11) is 0. The molecule has 108 valence electrons. The van der Waals surface area contributed by atoms with Crippen LogP contribution >= 0.6 is 0 Å². The molecular weight excluding hydrogens is 242 g/mol. The second-order valence-corrected chi connectivity index (χ2v) is 5.94. The van der Waals surface area contributed by atoms with E-state index >= 15 is 0 Å². The average Bonchev–Trinajstić information content (AvgIpc) is 2.39. The number of piperidine rings is 1. The highest BCUT2D eigenvalue weighted by Crippen LogP contribution is 2.26. The lowest BCUT2D eigenvalue weighted by molar-refractivity contribution is -0.125. The summed E-state index contributed by atoms with van der Waals surface area (Å²) in [6.45, 7) is 0.568. The summed E-state index contributed by atoms with van der Waals surface area (Å²) in [5, 5.41) is 5.78. The van der Waals surface area contributed by atoms with Crippen molar-refractivity contribution in [2.75, 3.05) is 6.54 Å². The van der Waals surface area contributed by atoms with E-state index in [1.165, 1.54) is 12.8 Å². The summed E-state index contributed by atoms with van der Waals surface area (Å²) in [4.78, 5) is 22.9. The van der Waals surface area contributed by atoms with Crippen LogP contribution in [-0.4, -0.2) is 30.4 Å². The van der Waals surface area contributed by atoms with Gasteiger partial charge in [-0.15, -0.1) is 0 Å². The number of hydrogen-bond acceptors (Lipinski definition) is 3. The van der Waals surface area contributed by atoms with Crippen LogP contribution in [0.4, 0.5) is 0 Å². The summed E-state index contributed by atoms with van der Waals surface area (Å²) in [5.41, 5.74) is 5.95. The van der Waals surface area contributed by atoms with Gasteiger partial charge in [0.25, 0.3) is 0 Å². The van der Waals surface area contributed by atoms with E-state index in [1.54, 1.807) is 0 Å². The Bertz CT molecular complexity index is 323. The molecule has 0 aromatic rings. The predicted octanol–water partition coefficient (Wildman–Crippen LogP) is 0.679. The van der Waals surface area contributed by atoms with Crippen LogP contribution in [0.1, 0.15) is 51.4 Å². The maximum absolute atomic E-state index is 11.9. The van der Waals surface area contributed by atoms with Gasteiger partial charge in [-0.05, 0) is 31.6 Å². The minimum absolute atomic E-state index is 0.0849. The number of amides is 2. The molecule has 3 atom stereocenters. The molecule has 2 aliphatic rings. The highest BCUT2D eigenvalue weighted by Gasteiger charge is 2.22. The van der Waals surface area contributed by atoms with Crippen molar-refractivity contribution in [3.8, 4) is 0 Å². The molecule has 1 heterocycles. The quantitative estimate of drug-likeness (QED) is 0.700. The Labute approximate surface area is 114 Å². The van der Waals surface area contributed by atoms with Crippen molar-refractivity contribution in [2.45, 2.75) is 63.5 Å². The molecule has 2 fully saturated rings. The Morgan fingerprint density at radius 1 is 1.37 bits per heavy atom. The molecule has 0 bridgehead atoms. The predicted molar refractivity (Wildman–Crippen MR) is 73.3 cm³/mol. The van der Waals surface area contributed by atoms with Gasteiger partial charge >= 0.3 is 0 Å². The Balaban J connectivity index is 1.63. The van der Waals surface area contributed by atoms with Crippen LogP contribution in [0, 0.1) is 5.92 Å². The van der Waals surface area contributed by atoms with Crippen molar-refractivity contribution in [3.05, 3.63) is 0 Å². The molecular formula is C14H25N3O2. The lowest BCUT2D eigenvalue weighted by Crippen LogP contribution is -2.47. The van der Waals surface area contributed by atoms with Crippen LogP contribution < -0.4 is 16.4 Å². The van der Waals surface area contributed by atoms with Crippen LogP contribution in [0.5, 0.6) is 0 Å². The maximum Gasteiger partial charge on any atom is 0.220 e. The van der Waals surface area contributed by atoms with Crippen molar-refractivity contribution < 1.29 is 9.59 Å². The van der Waals surface area contributed by atoms with Crippen LogP contribution in [0.15, 0.2) is 0 Å². The molecule has 2 rings (SSSR count). The number of nitrogens with two attached hydrogens (primary N) is 1. The van der Waals surface area contributed by atoms with Crippen molar-refractivity contribution in [1.82, 2.24) is 10.6 Å². The minimum Gasteiger partial charge on any atom is -0.354 e. The van der Waals surface area contributed by atoms with Crippen molar-refractivity contribution in [3.63, 3.8) is 0 Å². The average molecular weight is 267 g/mol. The van der Waals surface area contributed by atoms with E-state index in [9.17, 15) is 9.59 Å². The molecule has 5 heteroatoms. The summed E-state index contributed by atoms with van der Waals surface area (Å²) in [6.07, 6.45) is 7.40. The second kappa shape index (κ2) is 6.89. The van der Waals surface area contributed by atoms with Crippen LogP contribution in [-0.2, 0) is 9.59 Å². The van der Waals surface area contributed by atoms with Gasteiger partial charge in [-0.1, -0.05) is 12.8 Å². The number of rotatable bonds is 4. The number of carbonyl (C=O) groups excluding carboxylic acids is 2.